The van der Waals surface area contributed by atoms with Gasteiger partial charge in [-0.15, -0.1) is 0 Å². The first-order chi connectivity index (χ1) is 16.6. The Morgan fingerprint density at radius 1 is 0.824 bits per heavy atom. The summed E-state index contributed by atoms with van der Waals surface area (Å²) < 4.78 is 11.2. The van der Waals surface area contributed by atoms with Crippen LogP contribution in [0.1, 0.15) is 130 Å². The number of carbonyl (C=O) groups excluding carboxylic acids is 1. The van der Waals surface area contributed by atoms with Crippen LogP contribution in [0.3, 0.4) is 0 Å². The van der Waals surface area contributed by atoms with Gasteiger partial charge in [-0.1, -0.05) is 104 Å². The molecule has 0 bridgehead atoms. The second kappa shape index (κ2) is 20.5. The van der Waals surface area contributed by atoms with Crippen LogP contribution in [0.4, 0.5) is 0 Å². The lowest BCUT2D eigenvalue weighted by Gasteiger charge is -2.12. The van der Waals surface area contributed by atoms with Crippen molar-refractivity contribution in [2.24, 2.45) is 10.9 Å². The van der Waals surface area contributed by atoms with Gasteiger partial charge in [0.15, 0.2) is 11.5 Å². The lowest BCUT2D eigenvalue weighted by molar-refractivity contribution is -0.135. The molecule has 0 amide bonds. The zero-order valence-corrected chi connectivity index (χ0v) is 22.6. The molecule has 4 nitrogen and oxygen atoms in total. The van der Waals surface area contributed by atoms with Gasteiger partial charge in [-0.2, -0.15) is 0 Å². The van der Waals surface area contributed by atoms with Crippen LogP contribution in [0.15, 0.2) is 23.2 Å². The molecule has 0 radical (unpaired) electrons. The van der Waals surface area contributed by atoms with Gasteiger partial charge in [0.2, 0.25) is 0 Å². The van der Waals surface area contributed by atoms with Gasteiger partial charge in [0, 0.05) is 19.2 Å². The van der Waals surface area contributed by atoms with Crippen molar-refractivity contribution in [2.45, 2.75) is 124 Å². The number of hydrogen-bond donors (Lipinski definition) is 0. The van der Waals surface area contributed by atoms with E-state index in [0.29, 0.717) is 24.5 Å². The molecule has 4 heteroatoms. The molecule has 0 saturated carbocycles. The highest BCUT2D eigenvalue weighted by molar-refractivity contribution is 5.81. The maximum atomic E-state index is 12.0. The van der Waals surface area contributed by atoms with Crippen molar-refractivity contribution in [1.29, 1.82) is 0 Å². The molecule has 0 saturated heterocycles. The van der Waals surface area contributed by atoms with Crippen LogP contribution >= 0.6 is 0 Å². The largest absolute Gasteiger partial charge is 0.490 e. The summed E-state index contributed by atoms with van der Waals surface area (Å²) in [6, 6.07) is 5.63. The lowest BCUT2D eigenvalue weighted by atomic mass is 10.0. The Kier molecular flexibility index (Phi) is 18.2. The van der Waals surface area contributed by atoms with Crippen molar-refractivity contribution in [1.82, 2.24) is 0 Å². The van der Waals surface area contributed by atoms with Crippen molar-refractivity contribution in [3.8, 4) is 11.5 Å². The highest BCUT2D eigenvalue weighted by Crippen LogP contribution is 2.28. The smallest absolute Gasteiger partial charge is 0.311 e. The molecular weight excluding hydrogens is 422 g/mol. The lowest BCUT2D eigenvalue weighted by Crippen LogP contribution is -2.11. The van der Waals surface area contributed by atoms with Crippen LogP contribution in [-0.2, 0) is 4.79 Å². The van der Waals surface area contributed by atoms with E-state index in [1.807, 2.05) is 39.1 Å². The van der Waals surface area contributed by atoms with Gasteiger partial charge in [0.05, 0.1) is 6.61 Å². The number of carbonyl (C=O) groups is 1. The third-order valence-electron chi connectivity index (χ3n) is 5.95. The van der Waals surface area contributed by atoms with E-state index in [0.717, 1.165) is 18.5 Å². The number of hydrogen-bond acceptors (Lipinski definition) is 4. The fourth-order valence-electron chi connectivity index (χ4n) is 4.02. The van der Waals surface area contributed by atoms with Crippen molar-refractivity contribution in [3.63, 3.8) is 0 Å². The van der Waals surface area contributed by atoms with E-state index in [1.165, 1.54) is 83.5 Å². The topological polar surface area (TPSA) is 47.9 Å². The average molecular weight is 474 g/mol. The number of benzene rings is 1. The molecule has 0 aliphatic rings. The van der Waals surface area contributed by atoms with Crippen LogP contribution in [0.2, 0.25) is 0 Å². The highest BCUT2D eigenvalue weighted by atomic mass is 16.6. The van der Waals surface area contributed by atoms with E-state index in [9.17, 15) is 4.79 Å². The normalized spacial score (nSPS) is 11.4. The Balaban J connectivity index is 2.15. The molecule has 0 heterocycles. The zero-order chi connectivity index (χ0) is 24.9. The minimum atomic E-state index is -0.227. The number of nitrogens with zero attached hydrogens (tertiary/aromatic N) is 1. The second-order valence-electron chi connectivity index (χ2n) is 9.84. The standard InChI is InChI=1S/C30H51NO3/c1-5-7-8-9-10-11-12-13-14-15-16-17-18-19-22-31-25-27-20-21-28(29(24-27)33-6-2)34-30(32)23-26(3)4/h20-21,24-26H,5-19,22-23H2,1-4H3. The monoisotopic (exact) mass is 473 g/mol. The first-order valence-corrected chi connectivity index (χ1v) is 14.0. The maximum absolute atomic E-state index is 12.0. The molecular formula is C30H51NO3. The first-order valence-electron chi connectivity index (χ1n) is 14.0. The third kappa shape index (κ3) is 15.9. The van der Waals surface area contributed by atoms with Crippen LogP contribution in [0, 0.1) is 5.92 Å². The SMILES string of the molecule is CCCCCCCCCCCCCCCCN=Cc1ccc(OC(=O)CC(C)C)c(OCC)c1. The summed E-state index contributed by atoms with van der Waals surface area (Å²) >= 11 is 0. The molecule has 0 N–H and O–H groups in total. The third-order valence-corrected chi connectivity index (χ3v) is 5.95. The predicted molar refractivity (Wildman–Crippen MR) is 145 cm³/mol. The molecule has 0 aliphatic carbocycles. The molecule has 0 aromatic heterocycles. The molecule has 0 unspecified atom stereocenters. The summed E-state index contributed by atoms with van der Waals surface area (Å²) in [5.74, 6) is 1.12. The van der Waals surface area contributed by atoms with Gasteiger partial charge in [-0.05, 0) is 43.0 Å². The van der Waals surface area contributed by atoms with E-state index in [2.05, 4.69) is 11.9 Å². The van der Waals surface area contributed by atoms with Gasteiger partial charge in [0.25, 0.3) is 0 Å². The number of unbranched alkanes of at least 4 members (excludes halogenated alkanes) is 13. The van der Waals surface area contributed by atoms with Gasteiger partial charge in [-0.25, -0.2) is 0 Å². The zero-order valence-electron chi connectivity index (χ0n) is 22.6. The number of rotatable bonds is 21. The Labute approximate surface area is 209 Å². The molecule has 34 heavy (non-hydrogen) atoms. The summed E-state index contributed by atoms with van der Waals surface area (Å²) in [4.78, 5) is 16.6. The van der Waals surface area contributed by atoms with Gasteiger partial charge >= 0.3 is 5.97 Å². The quantitative estimate of drug-likeness (QED) is 0.0774. The van der Waals surface area contributed by atoms with E-state index < -0.39 is 0 Å². The molecule has 1 rings (SSSR count). The van der Waals surface area contributed by atoms with E-state index in [-0.39, 0.29) is 11.9 Å². The summed E-state index contributed by atoms with van der Waals surface area (Å²) in [5, 5.41) is 0. The van der Waals surface area contributed by atoms with Crippen molar-refractivity contribution in [2.75, 3.05) is 13.2 Å². The number of aliphatic imine (C=N–C) groups is 1. The fourth-order valence-corrected chi connectivity index (χ4v) is 4.02. The summed E-state index contributed by atoms with van der Waals surface area (Å²) in [7, 11) is 0. The van der Waals surface area contributed by atoms with Crippen molar-refractivity contribution < 1.29 is 14.3 Å². The molecule has 0 fully saturated rings. The van der Waals surface area contributed by atoms with Crippen molar-refractivity contribution >= 4 is 12.2 Å². The Bertz CT molecular complexity index is 669. The maximum Gasteiger partial charge on any atom is 0.311 e. The van der Waals surface area contributed by atoms with Gasteiger partial charge < -0.3 is 9.47 Å². The van der Waals surface area contributed by atoms with E-state index in [4.69, 9.17) is 9.47 Å². The number of esters is 1. The fraction of sp³-hybridized carbons (Fsp3) is 0.733. The van der Waals surface area contributed by atoms with Crippen LogP contribution in [-0.4, -0.2) is 25.3 Å². The van der Waals surface area contributed by atoms with Gasteiger partial charge in [-0.3, -0.25) is 9.79 Å². The number of ether oxygens (including phenoxy) is 2. The van der Waals surface area contributed by atoms with E-state index in [1.54, 1.807) is 6.07 Å². The van der Waals surface area contributed by atoms with Crippen LogP contribution in [0.25, 0.3) is 0 Å². The summed E-state index contributed by atoms with van der Waals surface area (Å²) in [5.41, 5.74) is 0.970. The molecule has 194 valence electrons. The second-order valence-corrected chi connectivity index (χ2v) is 9.84. The predicted octanol–water partition coefficient (Wildman–Crippen LogP) is 8.94. The minimum absolute atomic E-state index is 0.227. The minimum Gasteiger partial charge on any atom is -0.490 e. The van der Waals surface area contributed by atoms with Crippen molar-refractivity contribution in [3.05, 3.63) is 23.8 Å². The van der Waals surface area contributed by atoms with Gasteiger partial charge in [0.1, 0.15) is 0 Å². The Morgan fingerprint density at radius 2 is 1.38 bits per heavy atom. The molecule has 1 aromatic carbocycles. The Hall–Kier alpha value is -1.84. The highest BCUT2D eigenvalue weighted by Gasteiger charge is 2.12. The molecule has 0 aliphatic heterocycles. The summed E-state index contributed by atoms with van der Waals surface area (Å²) in [6.07, 6.45) is 21.4. The van der Waals surface area contributed by atoms with Crippen LogP contribution < -0.4 is 9.47 Å². The molecule has 0 atom stereocenters. The molecule has 0 spiro atoms. The van der Waals surface area contributed by atoms with Crippen LogP contribution in [0.5, 0.6) is 11.5 Å². The summed E-state index contributed by atoms with van der Waals surface area (Å²) in [6.45, 7) is 9.59. The first kappa shape index (κ1) is 30.2. The Morgan fingerprint density at radius 3 is 1.91 bits per heavy atom. The average Bonchev–Trinajstić information content (AvgIpc) is 2.80. The molecule has 1 aromatic rings. The van der Waals surface area contributed by atoms with E-state index >= 15 is 0 Å².